The van der Waals surface area contributed by atoms with Gasteiger partial charge in [-0.15, -0.1) is 0 Å². The number of aromatic carboxylic acids is 1. The summed E-state index contributed by atoms with van der Waals surface area (Å²) in [6, 6.07) is 2.97. The predicted octanol–water partition coefficient (Wildman–Crippen LogP) is 0.920. The Morgan fingerprint density at radius 3 is 2.33 bits per heavy atom. The molecule has 0 aromatic heterocycles. The summed E-state index contributed by atoms with van der Waals surface area (Å²) in [4.78, 5) is 10.6. The van der Waals surface area contributed by atoms with Crippen molar-refractivity contribution in [3.8, 4) is 5.75 Å². The molecule has 0 spiro atoms. The van der Waals surface area contributed by atoms with E-state index < -0.39 is 32.9 Å². The molecule has 0 heterocycles. The van der Waals surface area contributed by atoms with Crippen LogP contribution in [0.15, 0.2) is 23.1 Å². The number of carboxylic acids is 1. The number of sulfonamides is 1. The molecule has 7 nitrogen and oxygen atoms in total. The van der Waals surface area contributed by atoms with Crippen LogP contribution in [0.2, 0.25) is 0 Å². The molecule has 21 heavy (non-hydrogen) atoms. The minimum absolute atomic E-state index is 0.175. The van der Waals surface area contributed by atoms with E-state index in [9.17, 15) is 23.4 Å². The Bertz CT molecular complexity index is 622. The molecule has 0 amide bonds. The molecule has 0 radical (unpaired) electrons. The number of aromatic hydroxyl groups is 1. The second kappa shape index (κ2) is 6.42. The first-order valence-corrected chi connectivity index (χ1v) is 7.92. The summed E-state index contributed by atoms with van der Waals surface area (Å²) in [6.07, 6.45) is 0.754. The third-order valence-corrected chi connectivity index (χ3v) is 4.82. The standard InChI is InChI=1S/C13H19NO6S/c1-3-13(18,4-2)8-14-21(19,20)9-5-6-11(15)10(7-9)12(16)17/h5-7,14-15,18H,3-4,8H2,1-2H3,(H,16,17). The lowest BCUT2D eigenvalue weighted by Gasteiger charge is -2.25. The van der Waals surface area contributed by atoms with E-state index in [-0.39, 0.29) is 11.4 Å². The van der Waals surface area contributed by atoms with Gasteiger partial charge in [-0.1, -0.05) is 13.8 Å². The van der Waals surface area contributed by atoms with E-state index >= 15 is 0 Å². The molecule has 0 aliphatic carbocycles. The summed E-state index contributed by atoms with van der Waals surface area (Å²) in [5.41, 5.74) is -1.65. The van der Waals surface area contributed by atoms with Crippen molar-refractivity contribution in [2.75, 3.05) is 6.54 Å². The molecule has 8 heteroatoms. The first kappa shape index (κ1) is 17.4. The lowest BCUT2D eigenvalue weighted by molar-refractivity contribution is 0.0377. The lowest BCUT2D eigenvalue weighted by atomic mass is 9.98. The highest BCUT2D eigenvalue weighted by Gasteiger charge is 2.26. The van der Waals surface area contributed by atoms with Crippen LogP contribution in [-0.2, 0) is 10.0 Å². The zero-order valence-electron chi connectivity index (χ0n) is 11.8. The largest absolute Gasteiger partial charge is 0.507 e. The fourth-order valence-corrected chi connectivity index (χ4v) is 2.81. The maximum Gasteiger partial charge on any atom is 0.339 e. The molecule has 1 aromatic carbocycles. The third kappa shape index (κ3) is 4.16. The summed E-state index contributed by atoms with van der Waals surface area (Å²) in [6.45, 7) is 3.30. The van der Waals surface area contributed by atoms with Crippen molar-refractivity contribution in [3.05, 3.63) is 23.8 Å². The molecule has 0 saturated carbocycles. The molecule has 0 bridgehead atoms. The van der Waals surface area contributed by atoms with Crippen LogP contribution in [0.5, 0.6) is 5.75 Å². The number of carboxylic acid groups (broad SMARTS) is 1. The number of phenols is 1. The highest BCUT2D eigenvalue weighted by Crippen LogP contribution is 2.22. The SMILES string of the molecule is CCC(O)(CC)CNS(=O)(=O)c1ccc(O)c(C(=O)O)c1. The van der Waals surface area contributed by atoms with Gasteiger partial charge in [0.15, 0.2) is 0 Å². The quantitative estimate of drug-likeness (QED) is 0.593. The Morgan fingerprint density at radius 1 is 1.29 bits per heavy atom. The number of rotatable bonds is 7. The number of benzene rings is 1. The van der Waals surface area contributed by atoms with Gasteiger partial charge >= 0.3 is 5.97 Å². The van der Waals surface area contributed by atoms with Crippen molar-refractivity contribution < 1.29 is 28.5 Å². The van der Waals surface area contributed by atoms with E-state index in [1.807, 2.05) is 0 Å². The van der Waals surface area contributed by atoms with E-state index in [1.165, 1.54) is 0 Å². The Kier molecular flexibility index (Phi) is 5.32. The van der Waals surface area contributed by atoms with Crippen LogP contribution in [0, 0.1) is 0 Å². The minimum Gasteiger partial charge on any atom is -0.507 e. The van der Waals surface area contributed by atoms with Crippen LogP contribution in [0.25, 0.3) is 0 Å². The molecule has 118 valence electrons. The number of carbonyl (C=O) groups is 1. The van der Waals surface area contributed by atoms with Gasteiger partial charge in [-0.25, -0.2) is 17.9 Å². The minimum atomic E-state index is -3.97. The summed E-state index contributed by atoms with van der Waals surface area (Å²) < 4.78 is 26.5. The van der Waals surface area contributed by atoms with Crippen molar-refractivity contribution in [2.24, 2.45) is 0 Å². The molecule has 1 aromatic rings. The highest BCUT2D eigenvalue weighted by atomic mass is 32.2. The summed E-state index contributed by atoms with van der Waals surface area (Å²) in [7, 11) is -3.97. The molecule has 1 rings (SSSR count). The van der Waals surface area contributed by atoms with Crippen molar-refractivity contribution in [3.63, 3.8) is 0 Å². The van der Waals surface area contributed by atoms with Crippen molar-refractivity contribution in [1.82, 2.24) is 4.72 Å². The Labute approximate surface area is 123 Å². The average molecular weight is 317 g/mol. The number of hydrogen-bond donors (Lipinski definition) is 4. The van der Waals surface area contributed by atoms with Crippen LogP contribution >= 0.6 is 0 Å². The highest BCUT2D eigenvalue weighted by molar-refractivity contribution is 7.89. The van der Waals surface area contributed by atoms with Crippen LogP contribution in [-0.4, -0.2) is 41.9 Å². The second-order valence-corrected chi connectivity index (χ2v) is 6.51. The van der Waals surface area contributed by atoms with Gasteiger partial charge in [-0.3, -0.25) is 0 Å². The van der Waals surface area contributed by atoms with Gasteiger partial charge in [-0.05, 0) is 31.0 Å². The van der Waals surface area contributed by atoms with Crippen LogP contribution in [0.3, 0.4) is 0 Å². The fraction of sp³-hybridized carbons (Fsp3) is 0.462. The van der Waals surface area contributed by atoms with Crippen LogP contribution in [0.1, 0.15) is 37.0 Å². The van der Waals surface area contributed by atoms with E-state index in [0.29, 0.717) is 12.8 Å². The van der Waals surface area contributed by atoms with E-state index in [0.717, 1.165) is 18.2 Å². The molecule has 0 aliphatic heterocycles. The average Bonchev–Trinajstić information content (AvgIpc) is 2.45. The van der Waals surface area contributed by atoms with Gasteiger partial charge in [-0.2, -0.15) is 0 Å². The third-order valence-electron chi connectivity index (χ3n) is 3.42. The van der Waals surface area contributed by atoms with E-state index in [4.69, 9.17) is 5.11 Å². The monoisotopic (exact) mass is 317 g/mol. The molecular formula is C13H19NO6S. The summed E-state index contributed by atoms with van der Waals surface area (Å²) in [5.74, 6) is -1.94. The van der Waals surface area contributed by atoms with Gasteiger partial charge in [0.2, 0.25) is 10.0 Å². The summed E-state index contributed by atoms with van der Waals surface area (Å²) >= 11 is 0. The topological polar surface area (TPSA) is 124 Å². The van der Waals surface area contributed by atoms with Crippen LogP contribution < -0.4 is 4.72 Å². The van der Waals surface area contributed by atoms with Crippen molar-refractivity contribution in [1.29, 1.82) is 0 Å². The zero-order valence-corrected chi connectivity index (χ0v) is 12.6. The first-order chi connectivity index (χ1) is 9.65. The Hall–Kier alpha value is -1.64. The van der Waals surface area contributed by atoms with Crippen LogP contribution in [0.4, 0.5) is 0 Å². The summed E-state index contributed by atoms with van der Waals surface area (Å²) in [5, 5.41) is 28.3. The number of nitrogens with one attached hydrogen (secondary N) is 1. The normalized spacial score (nSPS) is 12.3. The number of hydrogen-bond acceptors (Lipinski definition) is 5. The Balaban J connectivity index is 3.04. The molecule has 0 aliphatic rings. The molecule has 4 N–H and O–H groups in total. The van der Waals surface area contributed by atoms with Gasteiger partial charge in [0.05, 0.1) is 10.5 Å². The lowest BCUT2D eigenvalue weighted by Crippen LogP contribution is -2.42. The zero-order chi connectivity index (χ0) is 16.3. The van der Waals surface area contributed by atoms with E-state index in [2.05, 4.69) is 4.72 Å². The van der Waals surface area contributed by atoms with Gasteiger partial charge < -0.3 is 15.3 Å². The number of aliphatic hydroxyl groups is 1. The first-order valence-electron chi connectivity index (χ1n) is 6.43. The second-order valence-electron chi connectivity index (χ2n) is 4.74. The maximum atomic E-state index is 12.1. The van der Waals surface area contributed by atoms with E-state index in [1.54, 1.807) is 13.8 Å². The Morgan fingerprint density at radius 2 is 1.86 bits per heavy atom. The van der Waals surface area contributed by atoms with Gasteiger partial charge in [0.25, 0.3) is 0 Å². The van der Waals surface area contributed by atoms with Crippen molar-refractivity contribution >= 4 is 16.0 Å². The van der Waals surface area contributed by atoms with Crippen molar-refractivity contribution in [2.45, 2.75) is 37.2 Å². The molecular weight excluding hydrogens is 298 g/mol. The maximum absolute atomic E-state index is 12.1. The molecule has 0 unspecified atom stereocenters. The van der Waals surface area contributed by atoms with Gasteiger partial charge in [0.1, 0.15) is 11.3 Å². The fourth-order valence-electron chi connectivity index (χ4n) is 1.67. The molecule has 0 atom stereocenters. The molecule has 0 fully saturated rings. The smallest absolute Gasteiger partial charge is 0.339 e. The molecule has 0 saturated heterocycles. The predicted molar refractivity (Wildman–Crippen MR) is 75.8 cm³/mol. The van der Waals surface area contributed by atoms with Gasteiger partial charge in [0, 0.05) is 6.54 Å².